The van der Waals surface area contributed by atoms with Crippen LogP contribution in [-0.2, 0) is 11.3 Å². The molecule has 3 rings (SSSR count). The van der Waals surface area contributed by atoms with Gasteiger partial charge in [-0.25, -0.2) is 4.52 Å². The van der Waals surface area contributed by atoms with E-state index in [1.807, 2.05) is 6.92 Å². The van der Waals surface area contributed by atoms with Crippen molar-refractivity contribution in [3.05, 3.63) is 34.2 Å². The first-order valence-electron chi connectivity index (χ1n) is 9.27. The minimum Gasteiger partial charge on any atom is -0.493 e. The van der Waals surface area contributed by atoms with Crippen LogP contribution in [0.5, 0.6) is 11.5 Å². The van der Waals surface area contributed by atoms with Crippen molar-refractivity contribution in [2.75, 3.05) is 20.8 Å². The monoisotopic (exact) mass is 386 g/mol. The highest BCUT2D eigenvalue weighted by Crippen LogP contribution is 2.34. The molecule has 0 aliphatic heterocycles. The molecule has 28 heavy (non-hydrogen) atoms. The molecule has 0 unspecified atom stereocenters. The Morgan fingerprint density at radius 1 is 1.18 bits per heavy atom. The molecule has 0 aliphatic rings. The lowest BCUT2D eigenvalue weighted by atomic mass is 10.1. The zero-order valence-electron chi connectivity index (χ0n) is 16.9. The van der Waals surface area contributed by atoms with Crippen LogP contribution in [-0.4, -0.2) is 40.9 Å². The molecule has 2 heterocycles. The van der Waals surface area contributed by atoms with Gasteiger partial charge in [0.05, 0.1) is 19.7 Å². The smallest absolute Gasteiger partial charge is 0.273 e. The van der Waals surface area contributed by atoms with E-state index in [0.29, 0.717) is 40.7 Å². The van der Waals surface area contributed by atoms with Gasteiger partial charge in [-0.2, -0.15) is 4.98 Å². The van der Waals surface area contributed by atoms with E-state index in [1.165, 1.54) is 6.07 Å². The molecule has 1 N–H and O–H groups in total. The maximum Gasteiger partial charge on any atom is 0.273 e. The average Bonchev–Trinajstić information content (AvgIpc) is 2.93. The molecule has 0 aliphatic carbocycles. The Bertz CT molecular complexity index is 1080. The van der Waals surface area contributed by atoms with Crippen LogP contribution in [0.4, 0.5) is 0 Å². The number of aromatic nitrogens is 3. The number of hydrogen-bond donors (Lipinski definition) is 1. The van der Waals surface area contributed by atoms with Gasteiger partial charge in [-0.05, 0) is 25.3 Å². The van der Waals surface area contributed by atoms with Gasteiger partial charge in [0, 0.05) is 29.8 Å². The number of aryl methyl sites for hydroxylation is 1. The third-order valence-corrected chi connectivity index (χ3v) is 4.68. The second-order valence-corrected chi connectivity index (χ2v) is 7.19. The predicted octanol–water partition coefficient (Wildman–Crippen LogP) is 2.14. The summed E-state index contributed by atoms with van der Waals surface area (Å²) in [6.07, 6.45) is 0.914. The summed E-state index contributed by atoms with van der Waals surface area (Å²) in [7, 11) is 3.11. The van der Waals surface area contributed by atoms with E-state index in [4.69, 9.17) is 9.47 Å². The molecule has 0 atom stereocenters. The molecule has 2 aromatic heterocycles. The quantitative estimate of drug-likeness (QED) is 0.672. The normalized spacial score (nSPS) is 11.4. The second-order valence-electron chi connectivity index (χ2n) is 7.19. The van der Waals surface area contributed by atoms with Crippen molar-refractivity contribution in [1.82, 2.24) is 19.5 Å². The minimum atomic E-state index is -0.326. The number of rotatable bonds is 7. The number of carbonyl (C=O) groups excluding carboxylic acids is 1. The fourth-order valence-corrected chi connectivity index (χ4v) is 3.29. The Hall–Kier alpha value is -3.03. The summed E-state index contributed by atoms with van der Waals surface area (Å²) in [6.45, 7) is 6.77. The molecule has 0 saturated carbocycles. The summed E-state index contributed by atoms with van der Waals surface area (Å²) in [5, 5.41) is 3.67. The molecule has 3 aromatic rings. The molecular formula is C20H26N4O4. The van der Waals surface area contributed by atoms with Crippen LogP contribution in [0.25, 0.3) is 16.6 Å². The molecule has 0 bridgehead atoms. The van der Waals surface area contributed by atoms with Crippen molar-refractivity contribution in [3.63, 3.8) is 0 Å². The molecule has 1 amide bonds. The highest BCUT2D eigenvalue weighted by atomic mass is 16.5. The van der Waals surface area contributed by atoms with Crippen LogP contribution < -0.4 is 20.3 Å². The lowest BCUT2D eigenvalue weighted by molar-refractivity contribution is -0.121. The Kier molecular flexibility index (Phi) is 5.58. The van der Waals surface area contributed by atoms with Gasteiger partial charge < -0.3 is 14.8 Å². The van der Waals surface area contributed by atoms with Gasteiger partial charge in [-0.3, -0.25) is 14.3 Å². The number of fused-ring (bicyclic) bond motifs is 3. The molecule has 0 spiro atoms. The van der Waals surface area contributed by atoms with Crippen LogP contribution in [0.1, 0.15) is 26.0 Å². The van der Waals surface area contributed by atoms with Gasteiger partial charge in [-0.15, -0.1) is 0 Å². The van der Waals surface area contributed by atoms with Gasteiger partial charge in [0.1, 0.15) is 6.54 Å². The Labute approximate surface area is 163 Å². The Morgan fingerprint density at radius 3 is 2.50 bits per heavy atom. The molecule has 1 aromatic carbocycles. The van der Waals surface area contributed by atoms with E-state index in [-0.39, 0.29) is 18.0 Å². The topological polar surface area (TPSA) is 86.9 Å². The van der Waals surface area contributed by atoms with Gasteiger partial charge in [0.25, 0.3) is 5.56 Å². The molecule has 8 nitrogen and oxygen atoms in total. The third kappa shape index (κ3) is 3.67. The SMILES string of the molecule is COc1cc2c(cc1OC)n(CC(=O)NCCC(C)C)n1c(C)cc(=O)nc21. The largest absolute Gasteiger partial charge is 0.493 e. The second kappa shape index (κ2) is 7.92. The van der Waals surface area contributed by atoms with Crippen LogP contribution in [0, 0.1) is 12.8 Å². The number of hydrogen-bond acceptors (Lipinski definition) is 5. The highest BCUT2D eigenvalue weighted by Gasteiger charge is 2.19. The van der Waals surface area contributed by atoms with E-state index in [0.717, 1.165) is 11.9 Å². The zero-order valence-corrected chi connectivity index (χ0v) is 16.9. The molecule has 0 fully saturated rings. The van der Waals surface area contributed by atoms with Crippen LogP contribution in [0.15, 0.2) is 23.0 Å². The maximum absolute atomic E-state index is 12.6. The van der Waals surface area contributed by atoms with Gasteiger partial charge in [0.15, 0.2) is 17.1 Å². The van der Waals surface area contributed by atoms with Crippen molar-refractivity contribution in [1.29, 1.82) is 0 Å². The van der Waals surface area contributed by atoms with E-state index in [1.54, 1.807) is 35.5 Å². The van der Waals surface area contributed by atoms with Gasteiger partial charge in [0.2, 0.25) is 5.91 Å². The van der Waals surface area contributed by atoms with E-state index in [9.17, 15) is 9.59 Å². The highest BCUT2D eigenvalue weighted by molar-refractivity contribution is 5.96. The zero-order chi connectivity index (χ0) is 20.4. The number of nitrogens with one attached hydrogen (secondary N) is 1. The maximum atomic E-state index is 12.6. The summed E-state index contributed by atoms with van der Waals surface area (Å²) < 4.78 is 14.4. The fraction of sp³-hybridized carbons (Fsp3) is 0.450. The van der Waals surface area contributed by atoms with E-state index < -0.39 is 0 Å². The summed E-state index contributed by atoms with van der Waals surface area (Å²) in [4.78, 5) is 28.7. The standard InChI is InChI=1S/C20H26N4O4/c1-12(2)6-7-21-19(26)11-23-15-10-17(28-5)16(27-4)9-14(15)20-22-18(25)8-13(3)24(20)23/h8-10,12H,6-7,11H2,1-5H3,(H,21,26). The lowest BCUT2D eigenvalue weighted by Gasteiger charge is -2.12. The van der Waals surface area contributed by atoms with Crippen LogP contribution in [0.2, 0.25) is 0 Å². The Morgan fingerprint density at radius 2 is 1.86 bits per heavy atom. The lowest BCUT2D eigenvalue weighted by Crippen LogP contribution is -2.30. The first-order valence-corrected chi connectivity index (χ1v) is 9.27. The number of carbonyl (C=O) groups is 1. The molecular weight excluding hydrogens is 360 g/mol. The predicted molar refractivity (Wildman–Crippen MR) is 107 cm³/mol. The summed E-state index contributed by atoms with van der Waals surface area (Å²) in [5.41, 5.74) is 1.58. The first-order chi connectivity index (χ1) is 13.3. The summed E-state index contributed by atoms with van der Waals surface area (Å²) in [6, 6.07) is 5.03. The fourth-order valence-electron chi connectivity index (χ4n) is 3.29. The van der Waals surface area contributed by atoms with Crippen molar-refractivity contribution in [2.45, 2.75) is 33.7 Å². The van der Waals surface area contributed by atoms with E-state index in [2.05, 4.69) is 24.1 Å². The van der Waals surface area contributed by atoms with Crippen molar-refractivity contribution >= 4 is 22.5 Å². The van der Waals surface area contributed by atoms with Crippen molar-refractivity contribution in [2.24, 2.45) is 5.92 Å². The number of nitrogens with zero attached hydrogens (tertiary/aromatic N) is 3. The van der Waals surface area contributed by atoms with Gasteiger partial charge in [-0.1, -0.05) is 13.8 Å². The molecule has 8 heteroatoms. The summed E-state index contributed by atoms with van der Waals surface area (Å²) in [5.74, 6) is 1.49. The first kappa shape index (κ1) is 19.7. The van der Waals surface area contributed by atoms with Crippen LogP contribution in [0.3, 0.4) is 0 Å². The molecule has 0 saturated heterocycles. The molecule has 0 radical (unpaired) electrons. The summed E-state index contributed by atoms with van der Waals surface area (Å²) >= 11 is 0. The Balaban J connectivity index is 2.15. The van der Waals surface area contributed by atoms with Gasteiger partial charge >= 0.3 is 0 Å². The van der Waals surface area contributed by atoms with Crippen molar-refractivity contribution < 1.29 is 14.3 Å². The third-order valence-electron chi connectivity index (χ3n) is 4.68. The number of benzene rings is 1. The number of methoxy groups -OCH3 is 2. The number of amides is 1. The van der Waals surface area contributed by atoms with Crippen LogP contribution >= 0.6 is 0 Å². The number of ether oxygens (including phenoxy) is 2. The minimum absolute atomic E-state index is 0.0962. The van der Waals surface area contributed by atoms with E-state index >= 15 is 0 Å². The average molecular weight is 386 g/mol. The van der Waals surface area contributed by atoms with Crippen molar-refractivity contribution in [3.8, 4) is 11.5 Å². The molecule has 150 valence electrons.